The number of rotatable bonds is 2. The van der Waals surface area contributed by atoms with Crippen molar-refractivity contribution in [3.8, 4) is 11.1 Å². The highest BCUT2D eigenvalue weighted by atomic mass is 32.2. The Kier molecular flexibility index (Phi) is 2.65. The van der Waals surface area contributed by atoms with Crippen molar-refractivity contribution in [2.75, 3.05) is 6.26 Å². The first-order valence-electron chi connectivity index (χ1n) is 5.59. The van der Waals surface area contributed by atoms with Gasteiger partial charge in [-0.05, 0) is 30.0 Å². The van der Waals surface area contributed by atoms with E-state index in [-0.39, 0.29) is 0 Å². The number of hydrogen-bond donors (Lipinski definition) is 1. The molecule has 0 saturated heterocycles. The second-order valence-electron chi connectivity index (χ2n) is 3.98. The van der Waals surface area contributed by atoms with Gasteiger partial charge in [-0.15, -0.1) is 11.8 Å². The van der Waals surface area contributed by atoms with Crippen molar-refractivity contribution in [2.45, 2.75) is 4.90 Å². The van der Waals surface area contributed by atoms with E-state index in [0.717, 1.165) is 0 Å². The summed E-state index contributed by atoms with van der Waals surface area (Å²) in [6.07, 6.45) is 4.19. The lowest BCUT2D eigenvalue weighted by molar-refractivity contribution is 1.44. The van der Waals surface area contributed by atoms with Gasteiger partial charge in [0.05, 0.1) is 0 Å². The van der Waals surface area contributed by atoms with Crippen LogP contribution in [0.5, 0.6) is 0 Å². The smallest absolute Gasteiger partial charge is 0.0460 e. The molecule has 17 heavy (non-hydrogen) atoms. The highest BCUT2D eigenvalue weighted by Crippen LogP contribution is 2.30. The number of hydrogen-bond acceptors (Lipinski definition) is 1. The molecular formula is C15H13NS. The molecule has 1 N–H and O–H groups in total. The molecule has 0 atom stereocenters. The van der Waals surface area contributed by atoms with Crippen molar-refractivity contribution in [2.24, 2.45) is 0 Å². The van der Waals surface area contributed by atoms with Crippen LogP contribution in [0.3, 0.4) is 0 Å². The molecule has 2 heteroatoms. The Balaban J connectivity index is 2.20. The number of fused-ring (bicyclic) bond motifs is 1. The minimum absolute atomic E-state index is 1.19. The van der Waals surface area contributed by atoms with E-state index in [1.165, 1.54) is 26.9 Å². The second-order valence-corrected chi connectivity index (χ2v) is 4.86. The summed E-state index contributed by atoms with van der Waals surface area (Å²) in [4.78, 5) is 4.62. The minimum Gasteiger partial charge on any atom is -0.361 e. The van der Waals surface area contributed by atoms with Crippen LogP contribution in [0.2, 0.25) is 0 Å². The van der Waals surface area contributed by atoms with Crippen LogP contribution in [-0.2, 0) is 0 Å². The van der Waals surface area contributed by atoms with Crippen molar-refractivity contribution in [1.82, 2.24) is 4.98 Å². The molecule has 0 aliphatic rings. The fraction of sp³-hybridized carbons (Fsp3) is 0.0667. The molecule has 0 radical (unpaired) electrons. The lowest BCUT2D eigenvalue weighted by Gasteiger charge is -2.02. The van der Waals surface area contributed by atoms with Crippen LogP contribution < -0.4 is 0 Å². The van der Waals surface area contributed by atoms with Gasteiger partial charge in [-0.2, -0.15) is 0 Å². The zero-order valence-electron chi connectivity index (χ0n) is 9.60. The third-order valence-electron chi connectivity index (χ3n) is 2.97. The standard InChI is InChI=1S/C15H13NS/c1-17-12-6-4-5-11(9-12)14-10-16-15-8-3-2-7-13(14)15/h2-10,16H,1H3. The summed E-state index contributed by atoms with van der Waals surface area (Å²) in [6, 6.07) is 17.1. The molecule has 1 nitrogen and oxygen atoms in total. The largest absolute Gasteiger partial charge is 0.361 e. The van der Waals surface area contributed by atoms with Crippen LogP contribution in [0, 0.1) is 0 Å². The number of aromatic amines is 1. The molecule has 2 aromatic carbocycles. The van der Waals surface area contributed by atoms with Crippen LogP contribution >= 0.6 is 11.8 Å². The summed E-state index contributed by atoms with van der Waals surface area (Å²) in [7, 11) is 0. The van der Waals surface area contributed by atoms with E-state index in [1.807, 2.05) is 0 Å². The van der Waals surface area contributed by atoms with Crippen molar-refractivity contribution < 1.29 is 0 Å². The average molecular weight is 239 g/mol. The van der Waals surface area contributed by atoms with E-state index in [9.17, 15) is 0 Å². The predicted molar refractivity (Wildman–Crippen MR) is 75.5 cm³/mol. The van der Waals surface area contributed by atoms with Gasteiger partial charge in [-0.3, -0.25) is 0 Å². The maximum absolute atomic E-state index is 3.32. The minimum atomic E-state index is 1.19. The van der Waals surface area contributed by atoms with Gasteiger partial charge in [-0.25, -0.2) is 0 Å². The van der Waals surface area contributed by atoms with Gasteiger partial charge in [0.25, 0.3) is 0 Å². The number of nitrogens with one attached hydrogen (secondary N) is 1. The summed E-state index contributed by atoms with van der Waals surface area (Å²) in [5.41, 5.74) is 3.74. The topological polar surface area (TPSA) is 15.8 Å². The van der Waals surface area contributed by atoms with E-state index in [0.29, 0.717) is 0 Å². The predicted octanol–water partition coefficient (Wildman–Crippen LogP) is 4.56. The summed E-state index contributed by atoms with van der Waals surface area (Å²) in [5.74, 6) is 0. The molecule has 0 fully saturated rings. The van der Waals surface area contributed by atoms with Gasteiger partial charge >= 0.3 is 0 Å². The Bertz CT molecular complexity index is 655. The van der Waals surface area contributed by atoms with E-state index >= 15 is 0 Å². The van der Waals surface area contributed by atoms with Crippen molar-refractivity contribution in [3.63, 3.8) is 0 Å². The number of para-hydroxylation sites is 1. The van der Waals surface area contributed by atoms with Crippen LogP contribution in [0.25, 0.3) is 22.0 Å². The van der Waals surface area contributed by atoms with E-state index in [2.05, 4.69) is 66.0 Å². The zero-order chi connectivity index (χ0) is 11.7. The van der Waals surface area contributed by atoms with Gasteiger partial charge < -0.3 is 4.98 Å². The van der Waals surface area contributed by atoms with Gasteiger partial charge in [-0.1, -0.05) is 30.3 Å². The maximum atomic E-state index is 3.32. The summed E-state index contributed by atoms with van der Waals surface area (Å²) >= 11 is 1.78. The quantitative estimate of drug-likeness (QED) is 0.648. The van der Waals surface area contributed by atoms with Crippen molar-refractivity contribution in [3.05, 3.63) is 54.7 Å². The maximum Gasteiger partial charge on any atom is 0.0460 e. The fourth-order valence-corrected chi connectivity index (χ4v) is 2.56. The molecule has 3 aromatic rings. The van der Waals surface area contributed by atoms with Gasteiger partial charge in [0.1, 0.15) is 0 Å². The lowest BCUT2D eigenvalue weighted by atomic mass is 10.1. The first kappa shape index (κ1) is 10.5. The highest BCUT2D eigenvalue weighted by Gasteiger charge is 2.05. The van der Waals surface area contributed by atoms with Crippen molar-refractivity contribution >= 4 is 22.7 Å². The third kappa shape index (κ3) is 1.85. The molecule has 84 valence electrons. The Morgan fingerprint density at radius 3 is 2.76 bits per heavy atom. The second kappa shape index (κ2) is 4.30. The van der Waals surface area contributed by atoms with E-state index in [1.54, 1.807) is 11.8 Å². The molecule has 0 amide bonds. The Morgan fingerprint density at radius 1 is 1.00 bits per heavy atom. The first-order valence-corrected chi connectivity index (χ1v) is 6.81. The molecule has 0 aliphatic carbocycles. The molecule has 0 saturated carbocycles. The first-order chi connectivity index (χ1) is 8.38. The SMILES string of the molecule is CSc1cccc(-c2c[nH]c3ccccc23)c1. The van der Waals surface area contributed by atoms with Crippen LogP contribution in [0.1, 0.15) is 0 Å². The number of benzene rings is 2. The Hall–Kier alpha value is -1.67. The summed E-state index contributed by atoms with van der Waals surface area (Å²) in [6.45, 7) is 0. The summed E-state index contributed by atoms with van der Waals surface area (Å²) < 4.78 is 0. The molecule has 3 rings (SSSR count). The molecule has 0 bridgehead atoms. The zero-order valence-corrected chi connectivity index (χ0v) is 10.4. The number of thioether (sulfide) groups is 1. The van der Waals surface area contributed by atoms with Gasteiger partial charge in [0.2, 0.25) is 0 Å². The van der Waals surface area contributed by atoms with Gasteiger partial charge in [0, 0.05) is 27.6 Å². The molecule has 1 aromatic heterocycles. The number of aromatic nitrogens is 1. The normalized spacial score (nSPS) is 10.9. The monoisotopic (exact) mass is 239 g/mol. The molecule has 0 spiro atoms. The van der Waals surface area contributed by atoms with Crippen LogP contribution in [-0.4, -0.2) is 11.2 Å². The highest BCUT2D eigenvalue weighted by molar-refractivity contribution is 7.98. The fourth-order valence-electron chi connectivity index (χ4n) is 2.10. The lowest BCUT2D eigenvalue weighted by Crippen LogP contribution is -1.76. The van der Waals surface area contributed by atoms with Crippen molar-refractivity contribution in [1.29, 1.82) is 0 Å². The summed E-state index contributed by atoms with van der Waals surface area (Å²) in [5, 5.41) is 1.28. The van der Waals surface area contributed by atoms with Crippen LogP contribution in [0.4, 0.5) is 0 Å². The molecule has 0 unspecified atom stereocenters. The van der Waals surface area contributed by atoms with Gasteiger partial charge in [0.15, 0.2) is 0 Å². The molecule has 0 aliphatic heterocycles. The Morgan fingerprint density at radius 2 is 1.88 bits per heavy atom. The van der Waals surface area contributed by atoms with E-state index in [4.69, 9.17) is 0 Å². The molecular weight excluding hydrogens is 226 g/mol. The molecule has 1 heterocycles. The third-order valence-corrected chi connectivity index (χ3v) is 3.70. The average Bonchev–Trinajstić information content (AvgIpc) is 2.82. The Labute approximate surface area is 105 Å². The van der Waals surface area contributed by atoms with E-state index < -0.39 is 0 Å². The van der Waals surface area contributed by atoms with Crippen LogP contribution in [0.15, 0.2) is 59.6 Å². The number of H-pyrrole nitrogens is 1.